The average molecular weight is 120 g/mol. The second-order valence-electron chi connectivity index (χ2n) is 0.548. The summed E-state index contributed by atoms with van der Waals surface area (Å²) >= 11 is 5.17. The van der Waals surface area contributed by atoms with Gasteiger partial charge in [-0.1, -0.05) is 0 Å². The molecule has 26 valence electrons. The lowest BCUT2D eigenvalue weighted by atomic mass is 11.5. The van der Waals surface area contributed by atoms with E-state index in [4.69, 9.17) is 11.6 Å². The van der Waals surface area contributed by atoms with Crippen molar-refractivity contribution in [3.63, 3.8) is 0 Å². The first-order valence-corrected chi connectivity index (χ1v) is 2.46. The largest absolute Gasteiger partial charge is 0.340 e. The third kappa shape index (κ3) is 4.68. The Balaban J connectivity index is 2.54. The molecule has 0 rings (SSSR count). The van der Waals surface area contributed by atoms with E-state index < -0.39 is 0 Å². The van der Waals surface area contributed by atoms with Gasteiger partial charge in [0.1, 0.15) is 20.8 Å². The van der Waals surface area contributed by atoms with Crippen LogP contribution in [0.25, 0.3) is 0 Å². The number of hydrogen-bond acceptors (Lipinski definition) is 1. The van der Waals surface area contributed by atoms with Gasteiger partial charge in [0.25, 0.3) is 0 Å². The van der Waals surface area contributed by atoms with Gasteiger partial charge in [-0.25, -0.2) is 0 Å². The van der Waals surface area contributed by atoms with Crippen LogP contribution in [0.5, 0.6) is 0 Å². The van der Waals surface area contributed by atoms with Crippen LogP contribution in [-0.4, -0.2) is 31.0 Å². The molecule has 0 amide bonds. The molecule has 0 saturated heterocycles. The van der Waals surface area contributed by atoms with E-state index in [1.54, 1.807) is 0 Å². The fraction of sp³-hybridized carbons (Fsp3) is 1.00. The lowest BCUT2D eigenvalue weighted by Gasteiger charge is -1.96. The van der Waals surface area contributed by atoms with Crippen LogP contribution in [0.4, 0.5) is 0 Å². The van der Waals surface area contributed by atoms with E-state index >= 15 is 0 Å². The molecule has 0 aliphatic rings. The fourth-order valence-electron chi connectivity index (χ4n) is 0. The van der Waals surface area contributed by atoms with E-state index in [1.165, 1.54) is 4.23 Å². The molecule has 0 N–H and O–H groups in total. The van der Waals surface area contributed by atoms with Crippen LogP contribution in [0, 0.1) is 0 Å². The summed E-state index contributed by atoms with van der Waals surface area (Å²) in [6.07, 6.45) is 0. The Morgan fingerprint density at radius 2 is 1.80 bits per heavy atom. The van der Waals surface area contributed by atoms with Gasteiger partial charge >= 0.3 is 0 Å². The smallest absolute Gasteiger partial charge is 0.136 e. The van der Waals surface area contributed by atoms with Crippen molar-refractivity contribution >= 4 is 32.4 Å². The predicted octanol–water partition coefficient (Wildman–Crippen LogP) is -0.348. The van der Waals surface area contributed by atoms with E-state index in [9.17, 15) is 0 Å². The van der Waals surface area contributed by atoms with E-state index in [2.05, 4.69) is 20.8 Å². The Morgan fingerprint density at radius 1 is 1.60 bits per heavy atom. The van der Waals surface area contributed by atoms with Crippen LogP contribution in [0.15, 0.2) is 0 Å². The molecule has 0 bridgehead atoms. The number of nitrogens with zero attached hydrogens (tertiary/aromatic N) is 1. The number of alkyl halides is 1. The zero-order chi connectivity index (χ0) is 4.28. The minimum absolute atomic E-state index is 0.438. The quantitative estimate of drug-likeness (QED) is 0.259. The van der Waals surface area contributed by atoms with E-state index in [-0.39, 0.29) is 0 Å². The van der Waals surface area contributed by atoms with Crippen molar-refractivity contribution in [2.75, 3.05) is 6.00 Å². The second kappa shape index (κ2) is 2.90. The van der Waals surface area contributed by atoms with Crippen molar-refractivity contribution in [1.82, 2.24) is 4.23 Å². The zero-order valence-electron chi connectivity index (χ0n) is 2.53. The molecule has 4 heteroatoms. The Bertz CT molecular complexity index is 23.6. The van der Waals surface area contributed by atoms with Crippen molar-refractivity contribution in [3.05, 3.63) is 0 Å². The molecular formula is CH2ClNSi2. The summed E-state index contributed by atoms with van der Waals surface area (Å²) < 4.78 is 1.50. The molecule has 5 heavy (non-hydrogen) atoms. The predicted molar refractivity (Wildman–Crippen MR) is 24.1 cm³/mol. The van der Waals surface area contributed by atoms with E-state index in [0.29, 0.717) is 6.00 Å². The van der Waals surface area contributed by atoms with Crippen molar-refractivity contribution in [2.24, 2.45) is 0 Å². The highest BCUT2D eigenvalue weighted by Crippen LogP contribution is 1.71. The molecule has 0 aliphatic heterocycles. The minimum Gasteiger partial charge on any atom is -0.340 e. The van der Waals surface area contributed by atoms with Gasteiger partial charge in [0, 0.05) is 0 Å². The molecule has 0 aromatic rings. The van der Waals surface area contributed by atoms with Gasteiger partial charge in [-0.15, -0.1) is 11.6 Å². The fourth-order valence-corrected chi connectivity index (χ4v) is 0. The minimum atomic E-state index is 0.438. The number of hydrogen-bond donors (Lipinski definition) is 0. The van der Waals surface area contributed by atoms with Crippen LogP contribution in [0.3, 0.4) is 0 Å². The van der Waals surface area contributed by atoms with Crippen LogP contribution in [0.1, 0.15) is 0 Å². The molecule has 1 nitrogen and oxygen atoms in total. The lowest BCUT2D eigenvalue weighted by molar-refractivity contribution is 0.846. The average Bonchev–Trinajstić information content (AvgIpc) is 1.38. The Kier molecular flexibility index (Phi) is 3.29. The van der Waals surface area contributed by atoms with Gasteiger partial charge in [0.15, 0.2) is 0 Å². The summed E-state index contributed by atoms with van der Waals surface area (Å²) in [5.74, 6) is 0. The molecule has 0 unspecified atom stereocenters. The Hall–Kier alpha value is 0.684. The molecule has 0 spiro atoms. The molecular weight excluding hydrogens is 118 g/mol. The van der Waals surface area contributed by atoms with Gasteiger partial charge in [0.2, 0.25) is 0 Å². The third-order valence-electron chi connectivity index (χ3n) is 0.120. The van der Waals surface area contributed by atoms with Crippen LogP contribution < -0.4 is 0 Å². The normalized spacial score (nSPS) is 9.60. The molecule has 0 aromatic heterocycles. The van der Waals surface area contributed by atoms with E-state index in [1.807, 2.05) is 0 Å². The summed E-state index contributed by atoms with van der Waals surface area (Å²) in [5.41, 5.74) is 0. The Labute approximate surface area is 43.3 Å². The van der Waals surface area contributed by atoms with Crippen LogP contribution in [0.2, 0.25) is 0 Å². The maximum atomic E-state index is 5.17. The van der Waals surface area contributed by atoms with Crippen LogP contribution in [-0.2, 0) is 0 Å². The van der Waals surface area contributed by atoms with Crippen molar-refractivity contribution in [2.45, 2.75) is 0 Å². The second-order valence-corrected chi connectivity index (χ2v) is 2.31. The van der Waals surface area contributed by atoms with Gasteiger partial charge in [-0.3, -0.25) is 0 Å². The van der Waals surface area contributed by atoms with Crippen LogP contribution >= 0.6 is 11.6 Å². The maximum Gasteiger partial charge on any atom is 0.136 e. The van der Waals surface area contributed by atoms with Gasteiger partial charge in [0.05, 0.1) is 6.00 Å². The molecule has 0 atom stereocenters. The van der Waals surface area contributed by atoms with Crippen molar-refractivity contribution in [3.8, 4) is 0 Å². The maximum absolute atomic E-state index is 5.17. The molecule has 6 radical (unpaired) electrons. The zero-order valence-corrected chi connectivity index (χ0v) is 5.29. The highest BCUT2D eigenvalue weighted by molar-refractivity contribution is 6.30. The third-order valence-corrected chi connectivity index (χ3v) is 1.08. The molecule has 0 aromatic carbocycles. The van der Waals surface area contributed by atoms with Gasteiger partial charge < -0.3 is 4.23 Å². The highest BCUT2D eigenvalue weighted by Gasteiger charge is 1.76. The van der Waals surface area contributed by atoms with Gasteiger partial charge in [-0.05, 0) is 0 Å². The first-order valence-electron chi connectivity index (χ1n) is 1.03. The molecule has 0 saturated carbocycles. The number of rotatable bonds is 1. The first kappa shape index (κ1) is 5.68. The van der Waals surface area contributed by atoms with Crippen molar-refractivity contribution in [1.29, 1.82) is 0 Å². The molecule has 0 fully saturated rings. The summed E-state index contributed by atoms with van der Waals surface area (Å²) in [6, 6.07) is 0.438. The standard InChI is InChI=1S/CH2ClNSi2/c2-1-3(4)5/h1H2. The van der Waals surface area contributed by atoms with Gasteiger partial charge in [-0.2, -0.15) is 0 Å². The number of halogens is 1. The van der Waals surface area contributed by atoms with E-state index in [0.717, 1.165) is 0 Å². The Morgan fingerprint density at radius 3 is 1.80 bits per heavy atom. The monoisotopic (exact) mass is 119 g/mol. The topological polar surface area (TPSA) is 3.24 Å². The summed E-state index contributed by atoms with van der Waals surface area (Å²) in [7, 11) is 6.06. The summed E-state index contributed by atoms with van der Waals surface area (Å²) in [5, 5.41) is 0. The molecule has 0 heterocycles. The SMILES string of the molecule is [Si]N([Si])CCl. The lowest BCUT2D eigenvalue weighted by Crippen LogP contribution is -2.11. The van der Waals surface area contributed by atoms with Crippen molar-refractivity contribution < 1.29 is 0 Å². The molecule has 0 aliphatic carbocycles. The first-order chi connectivity index (χ1) is 2.27. The summed E-state index contributed by atoms with van der Waals surface area (Å²) in [4.78, 5) is 0. The highest BCUT2D eigenvalue weighted by atomic mass is 35.5. The summed E-state index contributed by atoms with van der Waals surface area (Å²) in [6.45, 7) is 0.